The van der Waals surface area contributed by atoms with Crippen molar-refractivity contribution < 1.29 is 23.5 Å². The van der Waals surface area contributed by atoms with E-state index in [1.165, 1.54) is 0 Å². The molecule has 160 valence electrons. The number of hydrogen-bond acceptors (Lipinski definition) is 5. The molecular formula is C25H25NO5. The zero-order chi connectivity index (χ0) is 20.8. The van der Waals surface area contributed by atoms with Crippen molar-refractivity contribution in [2.75, 3.05) is 0 Å². The van der Waals surface area contributed by atoms with E-state index >= 15 is 0 Å². The Morgan fingerprint density at radius 3 is 2.68 bits per heavy atom. The predicted octanol–water partition coefficient (Wildman–Crippen LogP) is 4.86. The van der Waals surface area contributed by atoms with Crippen molar-refractivity contribution in [3.63, 3.8) is 0 Å². The van der Waals surface area contributed by atoms with Gasteiger partial charge >= 0.3 is 0 Å². The maximum absolute atomic E-state index is 13.0. The van der Waals surface area contributed by atoms with Gasteiger partial charge in [0.05, 0.1) is 19.0 Å². The third-order valence-corrected chi connectivity index (χ3v) is 5.92. The smallest absolute Gasteiger partial charge is 0.255 e. The quantitative estimate of drug-likeness (QED) is 0.565. The summed E-state index contributed by atoms with van der Waals surface area (Å²) in [5, 5.41) is 1.01. The zero-order valence-electron chi connectivity index (χ0n) is 16.6. The van der Waals surface area contributed by atoms with Crippen LogP contribution in [0.3, 0.4) is 0 Å². The van der Waals surface area contributed by atoms with Crippen LogP contribution in [0.15, 0.2) is 52.9 Å². The van der Waals surface area contributed by atoms with Crippen molar-refractivity contribution in [3.05, 3.63) is 65.4 Å². The molecule has 6 nitrogen and oxygen atoms in total. The van der Waals surface area contributed by atoms with Crippen LogP contribution in [0.2, 0.25) is 0 Å². The fourth-order valence-corrected chi connectivity index (χ4v) is 4.33. The molecule has 3 aromatic rings. The van der Waals surface area contributed by atoms with Crippen molar-refractivity contribution in [1.29, 1.82) is 0 Å². The molecule has 6 heteroatoms. The summed E-state index contributed by atoms with van der Waals surface area (Å²) in [6.07, 6.45) is 0.297. The van der Waals surface area contributed by atoms with Gasteiger partial charge in [0, 0.05) is 22.9 Å². The maximum atomic E-state index is 13.0. The summed E-state index contributed by atoms with van der Waals surface area (Å²) in [4.78, 5) is 38.5. The van der Waals surface area contributed by atoms with E-state index in [0.29, 0.717) is 36.5 Å². The van der Waals surface area contributed by atoms with Crippen LogP contribution < -0.4 is 4.74 Å². The van der Waals surface area contributed by atoms with Gasteiger partial charge < -0.3 is 14.1 Å². The van der Waals surface area contributed by atoms with Crippen molar-refractivity contribution in [2.45, 2.75) is 52.3 Å². The number of ether oxygens (including phenoxy) is 1. The molecule has 2 heterocycles. The second-order valence-electron chi connectivity index (χ2n) is 7.90. The second kappa shape index (κ2) is 8.02. The lowest BCUT2D eigenvalue weighted by Gasteiger charge is -2.29. The molecular weight excluding hydrogens is 394 g/mol. The number of amides is 1. The van der Waals surface area contributed by atoms with Gasteiger partial charge in [0.15, 0.2) is 11.9 Å². The van der Waals surface area contributed by atoms with Gasteiger partial charge in [0.2, 0.25) is 0 Å². The monoisotopic (exact) mass is 419 g/mol. The number of hydrogen-bond donors (Lipinski definition) is 0. The third-order valence-electron chi connectivity index (χ3n) is 5.92. The number of benzene rings is 2. The van der Waals surface area contributed by atoms with Crippen molar-refractivity contribution in [3.8, 4) is 5.75 Å². The number of furan rings is 1. The first-order valence-corrected chi connectivity index (χ1v) is 10.1. The Hall–Kier alpha value is -3.41. The number of carbonyl (C=O) groups excluding carboxylic acids is 3. The second-order valence-corrected chi connectivity index (χ2v) is 7.90. The number of nitrogens with zero attached hydrogens (tertiary/aromatic N) is 1. The predicted molar refractivity (Wildman–Crippen MR) is 116 cm³/mol. The standard InChI is InChI=1S/C24H21NO5.CH4/c1-14(23-11-15-5-2-3-7-21(15)30-23)29-22-8-4-6-17-18(22)13-25(24(17)28)19-10-9-16(26)12-20(19)27;/h2-8,11,14,19H,9-10,12-13H2,1H3;1H4/t14-,19?;/m1./s1. The fraction of sp³-hybridized carbons (Fsp3) is 0.320. The lowest BCUT2D eigenvalue weighted by Crippen LogP contribution is -2.44. The molecule has 31 heavy (non-hydrogen) atoms. The molecule has 1 fully saturated rings. The zero-order valence-corrected chi connectivity index (χ0v) is 16.6. The number of carbonyl (C=O) groups is 3. The molecule has 0 spiro atoms. The highest BCUT2D eigenvalue weighted by Gasteiger charge is 2.40. The molecule has 5 rings (SSSR count). The van der Waals surface area contributed by atoms with Crippen molar-refractivity contribution >= 4 is 28.4 Å². The first-order valence-electron chi connectivity index (χ1n) is 10.1. The van der Waals surface area contributed by atoms with Crippen LogP contribution in [0.5, 0.6) is 5.75 Å². The van der Waals surface area contributed by atoms with Gasteiger partial charge in [-0.15, -0.1) is 0 Å². The molecule has 0 N–H and O–H groups in total. The number of rotatable bonds is 4. The van der Waals surface area contributed by atoms with Gasteiger partial charge in [-0.05, 0) is 37.6 Å². The molecule has 1 amide bonds. The Bertz CT molecular complexity index is 1140. The molecule has 2 aliphatic rings. The highest BCUT2D eigenvalue weighted by molar-refractivity contribution is 6.07. The lowest BCUT2D eigenvalue weighted by atomic mass is 9.92. The van der Waals surface area contributed by atoms with Gasteiger partial charge in [-0.25, -0.2) is 0 Å². The average Bonchev–Trinajstić information content (AvgIpc) is 3.31. The van der Waals surface area contributed by atoms with Gasteiger partial charge in [-0.3, -0.25) is 14.4 Å². The van der Waals surface area contributed by atoms with Crippen LogP contribution in [-0.2, 0) is 16.1 Å². The Morgan fingerprint density at radius 2 is 1.90 bits per heavy atom. The molecule has 1 aliphatic heterocycles. The van der Waals surface area contributed by atoms with Gasteiger partial charge in [-0.1, -0.05) is 31.7 Å². The first kappa shape index (κ1) is 20.8. The van der Waals surface area contributed by atoms with E-state index in [9.17, 15) is 14.4 Å². The lowest BCUT2D eigenvalue weighted by molar-refractivity contribution is -0.133. The summed E-state index contributed by atoms with van der Waals surface area (Å²) < 4.78 is 12.1. The molecule has 1 aliphatic carbocycles. The molecule has 0 bridgehead atoms. The SMILES string of the molecule is C.C[C@@H](Oc1cccc2c1CN(C1CCC(=O)CC1=O)C2=O)c1cc2ccccc2o1. The van der Waals surface area contributed by atoms with Crippen LogP contribution >= 0.6 is 0 Å². The molecule has 2 atom stereocenters. The van der Waals surface area contributed by atoms with E-state index in [2.05, 4.69) is 0 Å². The molecule has 2 aromatic carbocycles. The topological polar surface area (TPSA) is 76.8 Å². The van der Waals surface area contributed by atoms with E-state index in [4.69, 9.17) is 9.15 Å². The summed E-state index contributed by atoms with van der Waals surface area (Å²) in [7, 11) is 0. The summed E-state index contributed by atoms with van der Waals surface area (Å²) in [6.45, 7) is 2.21. The number of fused-ring (bicyclic) bond motifs is 2. The first-order chi connectivity index (χ1) is 14.5. The minimum Gasteiger partial charge on any atom is -0.482 e. The van der Waals surface area contributed by atoms with Gasteiger partial charge in [0.1, 0.15) is 22.9 Å². The molecule has 1 unspecified atom stereocenters. The van der Waals surface area contributed by atoms with E-state index in [1.807, 2.05) is 43.3 Å². The van der Waals surface area contributed by atoms with E-state index in [-0.39, 0.29) is 37.4 Å². The summed E-state index contributed by atoms with van der Waals surface area (Å²) in [5.74, 6) is 0.903. The number of ketones is 2. The maximum Gasteiger partial charge on any atom is 0.255 e. The normalized spacial score (nSPS) is 19.3. The van der Waals surface area contributed by atoms with Crippen LogP contribution in [0.25, 0.3) is 11.0 Å². The highest BCUT2D eigenvalue weighted by Crippen LogP contribution is 2.36. The van der Waals surface area contributed by atoms with E-state index < -0.39 is 6.04 Å². The largest absolute Gasteiger partial charge is 0.482 e. The van der Waals surface area contributed by atoms with Crippen molar-refractivity contribution in [1.82, 2.24) is 4.90 Å². The highest BCUT2D eigenvalue weighted by atomic mass is 16.5. The molecule has 0 radical (unpaired) electrons. The van der Waals surface area contributed by atoms with E-state index in [0.717, 1.165) is 16.5 Å². The molecule has 0 saturated heterocycles. The Balaban J connectivity index is 0.00000231. The van der Waals surface area contributed by atoms with Gasteiger partial charge in [-0.2, -0.15) is 0 Å². The Kier molecular flexibility index (Phi) is 5.39. The summed E-state index contributed by atoms with van der Waals surface area (Å²) in [5.41, 5.74) is 2.12. The minimum absolute atomic E-state index is 0. The van der Waals surface area contributed by atoms with Crippen LogP contribution in [0.4, 0.5) is 0 Å². The van der Waals surface area contributed by atoms with Crippen LogP contribution in [0, 0.1) is 0 Å². The van der Waals surface area contributed by atoms with Gasteiger partial charge in [0.25, 0.3) is 5.91 Å². The summed E-state index contributed by atoms with van der Waals surface area (Å²) >= 11 is 0. The fourth-order valence-electron chi connectivity index (χ4n) is 4.33. The minimum atomic E-state index is -0.539. The number of para-hydroxylation sites is 1. The number of Topliss-reactive ketones (excluding diaryl/α,β-unsaturated/α-hetero) is 2. The third kappa shape index (κ3) is 3.63. The van der Waals surface area contributed by atoms with E-state index in [1.54, 1.807) is 17.0 Å². The van der Waals surface area contributed by atoms with Crippen LogP contribution in [0.1, 0.15) is 61.4 Å². The molecule has 1 saturated carbocycles. The van der Waals surface area contributed by atoms with Crippen LogP contribution in [-0.4, -0.2) is 28.4 Å². The summed E-state index contributed by atoms with van der Waals surface area (Å²) in [6, 6.07) is 14.6. The average molecular weight is 419 g/mol. The Morgan fingerprint density at radius 1 is 1.10 bits per heavy atom. The van der Waals surface area contributed by atoms with Crippen molar-refractivity contribution in [2.24, 2.45) is 0 Å². The molecule has 1 aromatic heterocycles. The Labute approximate surface area is 180 Å².